The highest BCUT2D eigenvalue weighted by Gasteiger charge is 2.30. The number of aromatic nitrogens is 2. The molecule has 2 aromatic carbocycles. The van der Waals surface area contributed by atoms with Gasteiger partial charge in [0.15, 0.2) is 0 Å². The Morgan fingerprint density at radius 2 is 1.64 bits per heavy atom. The maximum atomic E-state index is 12.5. The number of carbonyl (C=O) groups is 2. The van der Waals surface area contributed by atoms with E-state index in [0.29, 0.717) is 53.0 Å². The molecule has 0 radical (unpaired) electrons. The number of piperidine rings is 1. The van der Waals surface area contributed by atoms with Gasteiger partial charge in [-0.15, -0.1) is 0 Å². The lowest BCUT2D eigenvalue weighted by Gasteiger charge is -2.31. The average Bonchev–Trinajstić information content (AvgIpc) is 3.63. The molecule has 1 unspecified atom stereocenters. The third kappa shape index (κ3) is 8.95. The molecule has 10 nitrogen and oxygen atoms in total. The van der Waals surface area contributed by atoms with Gasteiger partial charge >= 0.3 is 5.97 Å². The Balaban J connectivity index is 1.19. The van der Waals surface area contributed by atoms with Crippen LogP contribution < -0.4 is 14.8 Å². The van der Waals surface area contributed by atoms with E-state index in [1.54, 1.807) is 27.3 Å². The molecule has 6 rings (SSSR count). The number of methoxy groups -OCH3 is 2. The fourth-order valence-electron chi connectivity index (χ4n) is 7.13. The van der Waals surface area contributed by atoms with Crippen molar-refractivity contribution in [3.8, 4) is 45.3 Å². The van der Waals surface area contributed by atoms with Gasteiger partial charge in [0, 0.05) is 85.3 Å². The van der Waals surface area contributed by atoms with Gasteiger partial charge in [-0.2, -0.15) is 0 Å². The molecule has 12 heteroatoms. The normalized spacial score (nSPS) is 16.6. The maximum Gasteiger partial charge on any atom is 0.310 e. The Hall–Kier alpha value is -4.22. The van der Waals surface area contributed by atoms with Crippen LogP contribution in [0.15, 0.2) is 60.8 Å². The van der Waals surface area contributed by atoms with Gasteiger partial charge < -0.3 is 24.4 Å². The molecule has 2 saturated heterocycles. The third-order valence-electron chi connectivity index (χ3n) is 10.0. The molecule has 0 spiro atoms. The van der Waals surface area contributed by atoms with Crippen LogP contribution in [0.5, 0.6) is 11.6 Å². The number of rotatable bonds is 12. The zero-order valence-corrected chi connectivity index (χ0v) is 32.5. The summed E-state index contributed by atoms with van der Waals surface area (Å²) < 4.78 is 17.0. The topological polar surface area (TPSA) is 106 Å². The molecular formula is C41H47Cl2N5O5. The van der Waals surface area contributed by atoms with Crippen LogP contribution in [0, 0.1) is 5.92 Å². The molecule has 0 saturated carbocycles. The van der Waals surface area contributed by atoms with Crippen LogP contribution in [0.4, 0.5) is 0 Å². The first-order valence-corrected chi connectivity index (χ1v) is 18.9. The third-order valence-corrected chi connectivity index (χ3v) is 10.8. The van der Waals surface area contributed by atoms with Crippen molar-refractivity contribution in [2.24, 2.45) is 5.92 Å². The van der Waals surface area contributed by atoms with E-state index in [2.05, 4.69) is 15.2 Å². The minimum atomic E-state index is -0.131. The number of benzene rings is 2. The first-order valence-electron chi connectivity index (χ1n) is 18.1. The lowest BCUT2D eigenvalue weighted by molar-refractivity contribution is -0.151. The molecule has 1 amide bonds. The minimum Gasteiger partial charge on any atom is -0.496 e. The standard InChI is InChI=1S/C41H47Cl2N5O5/c1-25(2)53-41(50)30-14-18-47(24-30)23-29-10-9-27(21-36(29)51-4)39-38(43)33(13-17-44-39)32-7-6-8-34(37(32)42)35-12-11-28(40(46-35)52-5)22-45-31-15-19-48(20-16-31)26(3)49/h6-13,17,21,25,30-31,45H,14-16,18-20,22-24H2,1-5H3. The number of nitrogens with zero attached hydrogens (tertiary/aromatic N) is 4. The van der Waals surface area contributed by atoms with Crippen LogP contribution in [0.3, 0.4) is 0 Å². The highest BCUT2D eigenvalue weighted by Crippen LogP contribution is 2.42. The number of hydrogen-bond acceptors (Lipinski definition) is 9. The first kappa shape index (κ1) is 38.5. The number of esters is 1. The average molecular weight is 761 g/mol. The van der Waals surface area contributed by atoms with Gasteiger partial charge in [0.05, 0.1) is 47.7 Å². The Kier molecular flexibility index (Phi) is 12.6. The van der Waals surface area contributed by atoms with Gasteiger partial charge in [0.1, 0.15) is 5.75 Å². The first-order chi connectivity index (χ1) is 25.6. The fraction of sp³-hybridized carbons (Fsp3) is 0.415. The van der Waals surface area contributed by atoms with E-state index in [4.69, 9.17) is 42.4 Å². The van der Waals surface area contributed by atoms with E-state index in [9.17, 15) is 9.59 Å². The van der Waals surface area contributed by atoms with E-state index >= 15 is 0 Å². The number of pyridine rings is 2. The Morgan fingerprint density at radius 3 is 2.36 bits per heavy atom. The molecule has 1 N–H and O–H groups in total. The van der Waals surface area contributed by atoms with Crippen molar-refractivity contribution in [3.05, 3.63) is 82.0 Å². The zero-order valence-electron chi connectivity index (χ0n) is 31.0. The van der Waals surface area contributed by atoms with Gasteiger partial charge in [-0.25, -0.2) is 4.98 Å². The number of halogens is 2. The van der Waals surface area contributed by atoms with Crippen molar-refractivity contribution >= 4 is 35.1 Å². The predicted molar refractivity (Wildman–Crippen MR) is 208 cm³/mol. The summed E-state index contributed by atoms with van der Waals surface area (Å²) in [4.78, 5) is 37.8. The van der Waals surface area contributed by atoms with Crippen molar-refractivity contribution in [2.45, 2.75) is 65.3 Å². The number of nitrogens with one attached hydrogen (secondary N) is 1. The summed E-state index contributed by atoms with van der Waals surface area (Å²) in [5.41, 5.74) is 6.30. The minimum absolute atomic E-state index is 0.118. The predicted octanol–water partition coefficient (Wildman–Crippen LogP) is 7.68. The summed E-state index contributed by atoms with van der Waals surface area (Å²) >= 11 is 14.2. The maximum absolute atomic E-state index is 12.5. The summed E-state index contributed by atoms with van der Waals surface area (Å²) in [6.07, 6.45) is 4.20. The fourth-order valence-corrected chi connectivity index (χ4v) is 7.78. The number of hydrogen-bond donors (Lipinski definition) is 1. The molecule has 4 heterocycles. The van der Waals surface area contributed by atoms with E-state index in [1.165, 1.54) is 0 Å². The molecular weight excluding hydrogens is 713 g/mol. The molecule has 1 atom stereocenters. The number of likely N-dealkylation sites (tertiary alicyclic amines) is 2. The van der Waals surface area contributed by atoms with Crippen molar-refractivity contribution in [1.29, 1.82) is 0 Å². The second kappa shape index (κ2) is 17.3. The van der Waals surface area contributed by atoms with E-state index < -0.39 is 0 Å². The van der Waals surface area contributed by atoms with Crippen molar-refractivity contribution < 1.29 is 23.8 Å². The molecule has 2 fully saturated rings. The van der Waals surface area contributed by atoms with Crippen molar-refractivity contribution in [2.75, 3.05) is 40.4 Å². The van der Waals surface area contributed by atoms with Crippen molar-refractivity contribution in [1.82, 2.24) is 25.1 Å². The van der Waals surface area contributed by atoms with Crippen LogP contribution in [0.2, 0.25) is 10.0 Å². The summed E-state index contributed by atoms with van der Waals surface area (Å²) in [6.45, 7) is 9.61. The molecule has 0 bridgehead atoms. The number of amides is 1. The molecule has 4 aromatic rings. The molecule has 2 aliphatic heterocycles. The Morgan fingerprint density at radius 1 is 0.906 bits per heavy atom. The van der Waals surface area contributed by atoms with Crippen LogP contribution in [-0.4, -0.2) is 84.2 Å². The Bertz CT molecular complexity index is 1950. The van der Waals surface area contributed by atoms with Gasteiger partial charge in [-0.05, 0) is 57.9 Å². The number of carbonyl (C=O) groups excluding carboxylic acids is 2. The molecule has 2 aromatic heterocycles. The monoisotopic (exact) mass is 759 g/mol. The largest absolute Gasteiger partial charge is 0.496 e. The zero-order chi connectivity index (χ0) is 37.6. The smallest absolute Gasteiger partial charge is 0.310 e. The molecule has 0 aliphatic carbocycles. The molecule has 280 valence electrons. The lowest BCUT2D eigenvalue weighted by atomic mass is 9.99. The van der Waals surface area contributed by atoms with Gasteiger partial charge in [-0.3, -0.25) is 19.5 Å². The highest BCUT2D eigenvalue weighted by atomic mass is 35.5. The van der Waals surface area contributed by atoms with Gasteiger partial charge in [0.2, 0.25) is 11.8 Å². The quantitative estimate of drug-likeness (QED) is 0.146. The SMILES string of the molecule is COc1cc(-c2nccc(-c3cccc(-c4ccc(CNC5CCN(C(C)=O)CC5)c(OC)n4)c3Cl)c2Cl)ccc1CN1CCC(C(=O)OC(C)C)C1. The van der Waals surface area contributed by atoms with Crippen LogP contribution in [-0.2, 0) is 27.4 Å². The second-order valence-electron chi connectivity index (χ2n) is 13.9. The van der Waals surface area contributed by atoms with Crippen LogP contribution >= 0.6 is 23.2 Å². The molecule has 2 aliphatic rings. The van der Waals surface area contributed by atoms with Gasteiger partial charge in [0.25, 0.3) is 0 Å². The van der Waals surface area contributed by atoms with Crippen molar-refractivity contribution in [3.63, 3.8) is 0 Å². The Labute approximate surface area is 321 Å². The van der Waals surface area contributed by atoms with E-state index in [1.807, 2.05) is 73.3 Å². The number of ether oxygens (including phenoxy) is 3. The summed E-state index contributed by atoms with van der Waals surface area (Å²) in [6, 6.07) is 17.9. The second-order valence-corrected chi connectivity index (χ2v) is 14.7. The van der Waals surface area contributed by atoms with Crippen LogP contribution in [0.25, 0.3) is 33.6 Å². The summed E-state index contributed by atoms with van der Waals surface area (Å²) in [5, 5.41) is 4.58. The summed E-state index contributed by atoms with van der Waals surface area (Å²) in [7, 11) is 3.27. The lowest BCUT2D eigenvalue weighted by Crippen LogP contribution is -2.44. The highest BCUT2D eigenvalue weighted by molar-refractivity contribution is 6.39. The summed E-state index contributed by atoms with van der Waals surface area (Å²) in [5.74, 6) is 1.12. The van der Waals surface area contributed by atoms with Gasteiger partial charge in [-0.1, -0.05) is 59.6 Å². The molecule has 53 heavy (non-hydrogen) atoms. The van der Waals surface area contributed by atoms with Crippen LogP contribution in [0.1, 0.15) is 51.2 Å². The van der Waals surface area contributed by atoms with E-state index in [0.717, 1.165) is 78.0 Å². The van der Waals surface area contributed by atoms with E-state index in [-0.39, 0.29) is 23.9 Å².